The zero-order valence-corrected chi connectivity index (χ0v) is 18.8. The molecule has 6 rings (SSSR count). The number of aromatic amines is 2. The van der Waals surface area contributed by atoms with E-state index in [4.69, 9.17) is 9.97 Å². The molecule has 4 aromatic rings. The van der Waals surface area contributed by atoms with Gasteiger partial charge in [-0.15, -0.1) is 11.3 Å². The Labute approximate surface area is 190 Å². The maximum atomic E-state index is 4.81. The molecular weight excluding hydrogens is 412 g/mol. The molecule has 2 aliphatic rings. The second-order valence-corrected chi connectivity index (χ2v) is 9.05. The van der Waals surface area contributed by atoms with Gasteiger partial charge in [0.05, 0.1) is 22.8 Å². The number of aromatic nitrogens is 4. The van der Waals surface area contributed by atoms with Crippen molar-refractivity contribution in [2.24, 2.45) is 0 Å². The first-order chi connectivity index (χ1) is 15.6. The molecule has 0 aromatic carbocycles. The van der Waals surface area contributed by atoms with Crippen molar-refractivity contribution in [3.05, 3.63) is 81.7 Å². The van der Waals surface area contributed by atoms with E-state index in [1.54, 1.807) is 0 Å². The fourth-order valence-electron chi connectivity index (χ4n) is 4.34. The molecule has 32 heavy (non-hydrogen) atoms. The first-order valence-electron chi connectivity index (χ1n) is 10.8. The Morgan fingerprint density at radius 1 is 0.750 bits per heavy atom. The van der Waals surface area contributed by atoms with E-state index in [-0.39, 0.29) is 0 Å². The molecule has 0 saturated heterocycles. The normalized spacial score (nSPS) is 12.6. The highest BCUT2D eigenvalue weighted by atomic mass is 32.1. The van der Waals surface area contributed by atoms with Gasteiger partial charge in [0, 0.05) is 32.5 Å². The Kier molecular flexibility index (Phi) is 4.44. The van der Waals surface area contributed by atoms with Crippen molar-refractivity contribution in [1.82, 2.24) is 19.9 Å². The highest BCUT2D eigenvalue weighted by molar-refractivity contribution is 7.14. The molecular formula is C27H22N4S. The number of nitrogens with one attached hydrogen (secondary N) is 2. The van der Waals surface area contributed by atoms with Crippen molar-refractivity contribution in [3.63, 3.8) is 0 Å². The summed E-state index contributed by atoms with van der Waals surface area (Å²) >= 11 is 1.82. The van der Waals surface area contributed by atoms with E-state index in [9.17, 15) is 0 Å². The van der Waals surface area contributed by atoms with E-state index < -0.39 is 0 Å². The number of thiophene rings is 1. The van der Waals surface area contributed by atoms with Gasteiger partial charge in [0.25, 0.3) is 0 Å². The third kappa shape index (κ3) is 3.41. The van der Waals surface area contributed by atoms with E-state index in [2.05, 4.69) is 71.7 Å². The van der Waals surface area contributed by atoms with Crippen molar-refractivity contribution < 1.29 is 0 Å². The number of H-pyrrole nitrogens is 2. The molecule has 0 aliphatic carbocycles. The Bertz CT molecular complexity index is 1580. The summed E-state index contributed by atoms with van der Waals surface area (Å²) in [6.07, 6.45) is 9.18. The Balaban J connectivity index is 1.68. The zero-order valence-electron chi connectivity index (χ0n) is 17.9. The predicted octanol–water partition coefficient (Wildman–Crippen LogP) is 7.25. The minimum atomic E-state index is 0.913. The van der Waals surface area contributed by atoms with E-state index in [0.29, 0.717) is 0 Å². The Morgan fingerprint density at radius 2 is 1.41 bits per heavy atom. The molecule has 0 unspecified atom stereocenters. The van der Waals surface area contributed by atoms with Crippen molar-refractivity contribution in [3.8, 4) is 10.4 Å². The van der Waals surface area contributed by atoms with Gasteiger partial charge in [0.1, 0.15) is 0 Å². The van der Waals surface area contributed by atoms with Crippen molar-refractivity contribution in [1.29, 1.82) is 0 Å². The van der Waals surface area contributed by atoms with Gasteiger partial charge in [-0.3, -0.25) is 0 Å². The first kappa shape index (κ1) is 19.0. The minimum absolute atomic E-state index is 0.913. The first-order valence-corrected chi connectivity index (χ1v) is 11.7. The monoisotopic (exact) mass is 434 g/mol. The van der Waals surface area contributed by atoms with Crippen molar-refractivity contribution in [2.45, 2.75) is 20.3 Å². The SMILES string of the molecule is CCc1c(C)csc1-c1cc2cc3ccc(cc4nc(cc5nc(cc1[nH]2)C=C5)C=C4)[nH]3. The quantitative estimate of drug-likeness (QED) is 0.301. The van der Waals surface area contributed by atoms with Gasteiger partial charge in [-0.1, -0.05) is 6.92 Å². The highest BCUT2D eigenvalue weighted by Gasteiger charge is 2.13. The lowest BCUT2D eigenvalue weighted by molar-refractivity contribution is 1.13. The summed E-state index contributed by atoms with van der Waals surface area (Å²) in [5.74, 6) is 0. The molecule has 0 radical (unpaired) electrons. The number of hydrogen-bond acceptors (Lipinski definition) is 3. The molecule has 4 nitrogen and oxygen atoms in total. The largest absolute Gasteiger partial charge is 0.355 e. The smallest absolute Gasteiger partial charge is 0.0659 e. The van der Waals surface area contributed by atoms with E-state index in [1.807, 2.05) is 35.6 Å². The van der Waals surface area contributed by atoms with Gasteiger partial charge in [-0.25, -0.2) is 9.97 Å². The van der Waals surface area contributed by atoms with Crippen LogP contribution in [0.25, 0.3) is 56.8 Å². The van der Waals surface area contributed by atoms with Crippen LogP contribution in [0.4, 0.5) is 0 Å². The van der Waals surface area contributed by atoms with Gasteiger partial charge in [-0.2, -0.15) is 0 Å². The van der Waals surface area contributed by atoms with Crippen LogP contribution in [0, 0.1) is 6.92 Å². The van der Waals surface area contributed by atoms with Crippen molar-refractivity contribution >= 4 is 57.7 Å². The van der Waals surface area contributed by atoms with Crippen LogP contribution in [0.1, 0.15) is 40.8 Å². The minimum Gasteiger partial charge on any atom is -0.355 e. The van der Waals surface area contributed by atoms with Crippen LogP contribution < -0.4 is 0 Å². The lowest BCUT2D eigenvalue weighted by atomic mass is 10.1. The highest BCUT2D eigenvalue weighted by Crippen LogP contribution is 2.36. The van der Waals surface area contributed by atoms with E-state index >= 15 is 0 Å². The van der Waals surface area contributed by atoms with Crippen LogP contribution in [0.15, 0.2) is 47.8 Å². The Morgan fingerprint density at radius 3 is 2.12 bits per heavy atom. The standard InChI is InChI=1S/C27H22N4S/c1-3-24-16(2)15-32-27(24)25-13-23-12-21-7-6-19(29-21)10-17-4-5-18(28-17)11-20-8-9-22(30-20)14-26(25)31-23/h4-15,29,31H,3H2,1-2H3. The summed E-state index contributed by atoms with van der Waals surface area (Å²) < 4.78 is 0. The number of nitrogens with zero attached hydrogens (tertiary/aromatic N) is 2. The zero-order chi connectivity index (χ0) is 21.7. The van der Waals surface area contributed by atoms with E-state index in [1.165, 1.54) is 21.6 Å². The topological polar surface area (TPSA) is 57.4 Å². The van der Waals surface area contributed by atoms with Gasteiger partial charge in [0.2, 0.25) is 0 Å². The summed E-state index contributed by atoms with van der Waals surface area (Å²) in [5, 5.41) is 2.26. The molecule has 6 heterocycles. The average Bonchev–Trinajstić information content (AvgIpc) is 3.57. The van der Waals surface area contributed by atoms with Gasteiger partial charge in [0.15, 0.2) is 0 Å². The second-order valence-electron chi connectivity index (χ2n) is 8.17. The molecule has 0 fully saturated rings. The summed E-state index contributed by atoms with van der Waals surface area (Å²) in [6, 6.07) is 14.8. The molecule has 0 atom stereocenters. The summed E-state index contributed by atoms with van der Waals surface area (Å²) in [7, 11) is 0. The van der Waals surface area contributed by atoms with Crippen LogP contribution in [0.3, 0.4) is 0 Å². The van der Waals surface area contributed by atoms with Crippen LogP contribution in [-0.4, -0.2) is 19.9 Å². The maximum Gasteiger partial charge on any atom is 0.0659 e. The number of rotatable bonds is 2. The molecule has 2 aliphatic heterocycles. The second kappa shape index (κ2) is 7.46. The Hall–Kier alpha value is -3.70. The third-order valence-corrected chi connectivity index (χ3v) is 7.04. The molecule has 2 N–H and O–H groups in total. The lowest BCUT2D eigenvalue weighted by Gasteiger charge is -2.01. The van der Waals surface area contributed by atoms with Crippen LogP contribution >= 0.6 is 11.3 Å². The van der Waals surface area contributed by atoms with Crippen LogP contribution in [-0.2, 0) is 6.42 Å². The third-order valence-electron chi connectivity index (χ3n) is 5.87. The molecule has 0 saturated carbocycles. The van der Waals surface area contributed by atoms with Crippen LogP contribution in [0.5, 0.6) is 0 Å². The number of aryl methyl sites for hydroxylation is 1. The molecule has 4 aromatic heterocycles. The van der Waals surface area contributed by atoms with Gasteiger partial charge in [-0.05, 0) is 96.6 Å². The number of fused-ring (bicyclic) bond motifs is 8. The molecule has 5 heteroatoms. The lowest BCUT2D eigenvalue weighted by Crippen LogP contribution is -1.83. The fourth-order valence-corrected chi connectivity index (χ4v) is 5.52. The van der Waals surface area contributed by atoms with E-state index in [0.717, 1.165) is 51.3 Å². The van der Waals surface area contributed by atoms with Gasteiger partial charge < -0.3 is 9.97 Å². The summed E-state index contributed by atoms with van der Waals surface area (Å²) in [4.78, 5) is 17.9. The predicted molar refractivity (Wildman–Crippen MR) is 136 cm³/mol. The van der Waals surface area contributed by atoms with Crippen LogP contribution in [0.2, 0.25) is 0 Å². The fraction of sp³-hybridized carbons (Fsp3) is 0.111. The molecule has 0 spiro atoms. The van der Waals surface area contributed by atoms with Gasteiger partial charge >= 0.3 is 0 Å². The molecule has 0 amide bonds. The molecule has 156 valence electrons. The number of hydrogen-bond donors (Lipinski definition) is 2. The maximum absolute atomic E-state index is 4.81. The van der Waals surface area contributed by atoms with Crippen molar-refractivity contribution in [2.75, 3.05) is 0 Å². The average molecular weight is 435 g/mol. The summed E-state index contributed by atoms with van der Waals surface area (Å²) in [5.41, 5.74) is 11.9. The summed E-state index contributed by atoms with van der Waals surface area (Å²) in [6.45, 7) is 4.42. The molecule has 8 bridgehead atoms.